The molecule has 0 atom stereocenters. The molecular formula is C14H15BrClN2OS-. The average molecular weight is 375 g/mol. The van der Waals surface area contributed by atoms with Crippen molar-refractivity contribution in [3.8, 4) is 11.3 Å². The lowest BCUT2D eigenvalue weighted by Crippen LogP contribution is -3.00. The summed E-state index contributed by atoms with van der Waals surface area (Å²) in [6.07, 6.45) is 1.45. The quantitative estimate of drug-likeness (QED) is 0.774. The van der Waals surface area contributed by atoms with Gasteiger partial charge in [-0.05, 0) is 25.5 Å². The van der Waals surface area contributed by atoms with Crippen LogP contribution in [-0.2, 0) is 4.79 Å². The van der Waals surface area contributed by atoms with Crippen LogP contribution in [0.4, 0.5) is 5.13 Å². The molecule has 0 aliphatic rings. The average Bonchev–Trinajstić information content (AvgIpc) is 2.84. The molecule has 1 heterocycles. The van der Waals surface area contributed by atoms with E-state index >= 15 is 0 Å². The predicted octanol–water partition coefficient (Wildman–Crippen LogP) is 1.25. The molecule has 0 fully saturated rings. The first-order valence-electron chi connectivity index (χ1n) is 6.10. The maximum atomic E-state index is 10.8. The van der Waals surface area contributed by atoms with E-state index in [1.165, 1.54) is 0 Å². The number of hydrogen-bond acceptors (Lipinski definition) is 4. The van der Waals surface area contributed by atoms with Crippen LogP contribution in [0.1, 0.15) is 19.8 Å². The number of hydrogen-bond donors (Lipinski definition) is 1. The van der Waals surface area contributed by atoms with Crippen LogP contribution in [0.2, 0.25) is 5.02 Å². The second-order valence-electron chi connectivity index (χ2n) is 4.28. The molecule has 2 rings (SSSR count). The lowest BCUT2D eigenvalue weighted by Gasteiger charge is -2.00. The molecule has 108 valence electrons. The Balaban J connectivity index is 0.00000200. The van der Waals surface area contributed by atoms with Crippen molar-refractivity contribution in [1.29, 1.82) is 0 Å². The maximum Gasteiger partial charge on any atom is 0.183 e. The minimum absolute atomic E-state index is 0. The summed E-state index contributed by atoms with van der Waals surface area (Å²) in [6.45, 7) is 2.38. The summed E-state index contributed by atoms with van der Waals surface area (Å²) in [5, 5.41) is 6.85. The van der Waals surface area contributed by atoms with Crippen LogP contribution < -0.4 is 22.3 Å². The first kappa shape index (κ1) is 17.1. The molecule has 20 heavy (non-hydrogen) atoms. The van der Waals surface area contributed by atoms with E-state index in [1.807, 2.05) is 29.6 Å². The highest BCUT2D eigenvalue weighted by Crippen LogP contribution is 2.25. The van der Waals surface area contributed by atoms with Crippen molar-refractivity contribution < 1.29 is 21.8 Å². The molecule has 0 radical (unpaired) electrons. The minimum Gasteiger partial charge on any atom is -1.00 e. The number of Topliss-reactive ketones (excluding diaryl/α,β-unsaturated/α-hetero) is 1. The van der Waals surface area contributed by atoms with Crippen LogP contribution >= 0.6 is 22.9 Å². The fraction of sp³-hybridized carbons (Fsp3) is 0.286. The third kappa shape index (κ3) is 5.23. The smallest absolute Gasteiger partial charge is 0.183 e. The number of benzene rings is 1. The summed E-state index contributed by atoms with van der Waals surface area (Å²) in [5.74, 6) is 0.225. The Hall–Kier alpha value is -0.910. The molecule has 0 saturated heterocycles. The highest BCUT2D eigenvalue weighted by Gasteiger charge is 2.04. The van der Waals surface area contributed by atoms with Gasteiger partial charge in [-0.2, -0.15) is 0 Å². The third-order valence-corrected chi connectivity index (χ3v) is 3.68. The number of nitrogens with one attached hydrogen (secondary N) is 1. The number of anilines is 1. The summed E-state index contributed by atoms with van der Waals surface area (Å²) in [7, 11) is 0. The highest BCUT2D eigenvalue weighted by molar-refractivity contribution is 7.14. The fourth-order valence-electron chi connectivity index (χ4n) is 1.64. The van der Waals surface area contributed by atoms with Crippen molar-refractivity contribution in [1.82, 2.24) is 4.98 Å². The van der Waals surface area contributed by atoms with Crippen molar-refractivity contribution in [3.05, 3.63) is 34.7 Å². The zero-order valence-corrected chi connectivity index (χ0v) is 14.2. The van der Waals surface area contributed by atoms with Gasteiger partial charge < -0.3 is 27.1 Å². The second kappa shape index (κ2) is 8.39. The highest BCUT2D eigenvalue weighted by atomic mass is 79.9. The predicted molar refractivity (Wildman–Crippen MR) is 81.0 cm³/mol. The van der Waals surface area contributed by atoms with E-state index in [0.717, 1.165) is 34.4 Å². The van der Waals surface area contributed by atoms with Gasteiger partial charge in [-0.25, -0.2) is 4.98 Å². The van der Waals surface area contributed by atoms with Gasteiger partial charge in [0.05, 0.1) is 5.69 Å². The third-order valence-electron chi connectivity index (χ3n) is 2.63. The molecule has 1 N–H and O–H groups in total. The van der Waals surface area contributed by atoms with Crippen molar-refractivity contribution in [2.75, 3.05) is 11.9 Å². The van der Waals surface area contributed by atoms with Gasteiger partial charge in [0.2, 0.25) is 0 Å². The normalized spacial score (nSPS) is 9.90. The van der Waals surface area contributed by atoms with Crippen LogP contribution in [0.25, 0.3) is 11.3 Å². The number of thiazole rings is 1. The van der Waals surface area contributed by atoms with Crippen molar-refractivity contribution in [2.45, 2.75) is 19.8 Å². The number of nitrogens with zero attached hydrogens (tertiary/aromatic N) is 1. The molecule has 0 unspecified atom stereocenters. The van der Waals surface area contributed by atoms with Gasteiger partial charge in [0.25, 0.3) is 0 Å². The minimum atomic E-state index is 0. The molecule has 0 aliphatic carbocycles. The number of aromatic nitrogens is 1. The molecule has 1 aromatic heterocycles. The number of carbonyl (C=O) groups excluding carboxylic acids is 1. The summed E-state index contributed by atoms with van der Waals surface area (Å²) in [6, 6.07) is 7.63. The second-order valence-corrected chi connectivity index (χ2v) is 5.57. The Morgan fingerprint density at radius 2 is 2.05 bits per heavy atom. The van der Waals surface area contributed by atoms with Crippen LogP contribution in [0, 0.1) is 0 Å². The van der Waals surface area contributed by atoms with E-state index in [0.29, 0.717) is 6.42 Å². The van der Waals surface area contributed by atoms with Gasteiger partial charge >= 0.3 is 0 Å². The lowest BCUT2D eigenvalue weighted by atomic mass is 10.2. The van der Waals surface area contributed by atoms with E-state index in [-0.39, 0.29) is 22.8 Å². The van der Waals surface area contributed by atoms with E-state index in [9.17, 15) is 4.79 Å². The standard InChI is InChI=1S/C14H15ClN2OS.BrH/c1-10(18)3-2-8-16-14-17-13(9-19-14)11-4-6-12(15)7-5-11;/h4-7,9H,2-3,8H2,1H3,(H,16,17);1H/p-1. The zero-order chi connectivity index (χ0) is 13.7. The molecule has 0 saturated carbocycles. The molecule has 3 nitrogen and oxygen atoms in total. The van der Waals surface area contributed by atoms with E-state index < -0.39 is 0 Å². The summed E-state index contributed by atoms with van der Waals surface area (Å²) in [5.41, 5.74) is 1.99. The number of halogens is 2. The Labute approximate surface area is 138 Å². The molecular weight excluding hydrogens is 360 g/mol. The van der Waals surface area contributed by atoms with Crippen molar-refractivity contribution >= 4 is 33.9 Å². The van der Waals surface area contributed by atoms with Crippen molar-refractivity contribution in [3.63, 3.8) is 0 Å². The molecule has 0 aliphatic heterocycles. The van der Waals surface area contributed by atoms with Crippen LogP contribution in [0.15, 0.2) is 29.6 Å². The number of carbonyl (C=O) groups is 1. The maximum absolute atomic E-state index is 10.8. The largest absolute Gasteiger partial charge is 1.00 e. The Morgan fingerprint density at radius 3 is 2.70 bits per heavy atom. The zero-order valence-electron chi connectivity index (χ0n) is 11.0. The number of ketones is 1. The van der Waals surface area contributed by atoms with Crippen molar-refractivity contribution in [2.24, 2.45) is 0 Å². The fourth-order valence-corrected chi connectivity index (χ4v) is 2.52. The van der Waals surface area contributed by atoms with Gasteiger partial charge in [-0.3, -0.25) is 0 Å². The topological polar surface area (TPSA) is 42.0 Å². The molecule has 1 aromatic carbocycles. The lowest BCUT2D eigenvalue weighted by molar-refractivity contribution is -0.117. The van der Waals surface area contributed by atoms with Crippen LogP contribution in [-0.4, -0.2) is 17.3 Å². The monoisotopic (exact) mass is 373 g/mol. The van der Waals surface area contributed by atoms with Crippen LogP contribution in [0.5, 0.6) is 0 Å². The number of rotatable bonds is 6. The Bertz CT molecular complexity index is 557. The first-order valence-corrected chi connectivity index (χ1v) is 7.35. The summed E-state index contributed by atoms with van der Waals surface area (Å²) in [4.78, 5) is 15.3. The van der Waals surface area contributed by atoms with E-state index in [4.69, 9.17) is 11.6 Å². The summed E-state index contributed by atoms with van der Waals surface area (Å²) >= 11 is 7.42. The first-order chi connectivity index (χ1) is 9.15. The molecule has 0 amide bonds. The van der Waals surface area contributed by atoms with Crippen LogP contribution in [0.3, 0.4) is 0 Å². The van der Waals surface area contributed by atoms with Gasteiger partial charge in [0.1, 0.15) is 5.78 Å². The van der Waals surface area contributed by atoms with Gasteiger partial charge in [0.15, 0.2) is 5.13 Å². The van der Waals surface area contributed by atoms with E-state index in [1.54, 1.807) is 18.3 Å². The molecule has 0 spiro atoms. The SMILES string of the molecule is CC(=O)CCCNc1nc(-c2ccc(Cl)cc2)cs1.[Br-]. The summed E-state index contributed by atoms with van der Waals surface area (Å²) < 4.78 is 0. The van der Waals surface area contributed by atoms with E-state index in [2.05, 4.69) is 10.3 Å². The van der Waals surface area contributed by atoms with Gasteiger partial charge in [-0.1, -0.05) is 23.7 Å². The molecule has 0 bridgehead atoms. The molecule has 6 heteroatoms. The Morgan fingerprint density at radius 1 is 1.35 bits per heavy atom. The van der Waals surface area contributed by atoms with Gasteiger partial charge in [0, 0.05) is 28.9 Å². The molecule has 2 aromatic rings. The van der Waals surface area contributed by atoms with Gasteiger partial charge in [-0.15, -0.1) is 11.3 Å². The Kier molecular flexibility index (Phi) is 7.19.